The van der Waals surface area contributed by atoms with Gasteiger partial charge in [-0.25, -0.2) is 0 Å². The van der Waals surface area contributed by atoms with Crippen LogP contribution >= 0.6 is 0 Å². The lowest BCUT2D eigenvalue weighted by atomic mass is 9.97. The molecule has 2 fully saturated rings. The van der Waals surface area contributed by atoms with Gasteiger partial charge >= 0.3 is 0 Å². The summed E-state index contributed by atoms with van der Waals surface area (Å²) in [6.45, 7) is 3.78. The zero-order valence-corrected chi connectivity index (χ0v) is 13.2. The van der Waals surface area contributed by atoms with Gasteiger partial charge in [0.05, 0.1) is 7.11 Å². The van der Waals surface area contributed by atoms with Crippen LogP contribution in [0.15, 0.2) is 24.3 Å². The van der Waals surface area contributed by atoms with Crippen molar-refractivity contribution >= 4 is 0 Å². The molecule has 0 bridgehead atoms. The van der Waals surface area contributed by atoms with Gasteiger partial charge in [-0.2, -0.15) is 0 Å². The molecule has 2 saturated heterocycles. The van der Waals surface area contributed by atoms with E-state index in [-0.39, 0.29) is 0 Å². The molecule has 1 N–H and O–H groups in total. The van der Waals surface area contributed by atoms with Gasteiger partial charge in [0.1, 0.15) is 5.75 Å². The Morgan fingerprint density at radius 3 is 3.14 bits per heavy atom. The summed E-state index contributed by atoms with van der Waals surface area (Å²) >= 11 is 0. The lowest BCUT2D eigenvalue weighted by Gasteiger charge is -2.35. The molecule has 2 aliphatic rings. The van der Waals surface area contributed by atoms with Crippen LogP contribution in [0.25, 0.3) is 0 Å². The van der Waals surface area contributed by atoms with Crippen LogP contribution in [0.3, 0.4) is 0 Å². The Morgan fingerprint density at radius 2 is 2.24 bits per heavy atom. The fraction of sp³-hybridized carbons (Fsp3) is 0.667. The van der Waals surface area contributed by atoms with E-state index >= 15 is 0 Å². The third kappa shape index (κ3) is 3.98. The molecule has 1 aromatic rings. The molecule has 2 heterocycles. The highest BCUT2D eigenvalue weighted by Crippen LogP contribution is 2.26. The van der Waals surface area contributed by atoms with E-state index in [4.69, 9.17) is 4.74 Å². The molecule has 0 unspecified atom stereocenters. The maximum atomic E-state index is 5.28. The van der Waals surface area contributed by atoms with Gasteiger partial charge < -0.3 is 15.0 Å². The molecule has 0 radical (unpaired) electrons. The van der Waals surface area contributed by atoms with E-state index in [0.717, 1.165) is 30.8 Å². The average molecular weight is 288 g/mol. The number of rotatable bonds is 6. The summed E-state index contributed by atoms with van der Waals surface area (Å²) in [5.74, 6) is 0.967. The molecule has 0 aliphatic carbocycles. The SMILES string of the molecule is COc1cccc(CCCN[C@H]2CCN3CCC[C@@H]3C2)c1. The highest BCUT2D eigenvalue weighted by molar-refractivity contribution is 5.28. The Bertz CT molecular complexity index is 449. The second-order valence-corrected chi connectivity index (χ2v) is 6.46. The number of hydrogen-bond donors (Lipinski definition) is 1. The number of nitrogens with one attached hydrogen (secondary N) is 1. The summed E-state index contributed by atoms with van der Waals surface area (Å²) in [7, 11) is 1.73. The fourth-order valence-electron chi connectivity index (χ4n) is 3.84. The summed E-state index contributed by atoms with van der Waals surface area (Å²) in [6.07, 6.45) is 7.86. The van der Waals surface area contributed by atoms with E-state index in [1.165, 1.54) is 50.8 Å². The third-order valence-corrected chi connectivity index (χ3v) is 5.03. The predicted octanol–water partition coefficient (Wildman–Crippen LogP) is 2.84. The van der Waals surface area contributed by atoms with E-state index in [1.807, 2.05) is 6.07 Å². The summed E-state index contributed by atoms with van der Waals surface area (Å²) in [6, 6.07) is 10.1. The van der Waals surface area contributed by atoms with Crippen molar-refractivity contribution in [3.05, 3.63) is 29.8 Å². The Balaban J connectivity index is 1.36. The summed E-state index contributed by atoms with van der Waals surface area (Å²) in [5, 5.41) is 3.78. The number of benzene rings is 1. The smallest absolute Gasteiger partial charge is 0.119 e. The molecule has 116 valence electrons. The normalized spacial score (nSPS) is 25.8. The van der Waals surface area contributed by atoms with Gasteiger partial charge in [-0.1, -0.05) is 12.1 Å². The van der Waals surface area contributed by atoms with Crippen molar-refractivity contribution < 1.29 is 4.74 Å². The van der Waals surface area contributed by atoms with Crippen molar-refractivity contribution in [2.24, 2.45) is 0 Å². The van der Waals surface area contributed by atoms with Crippen molar-refractivity contribution in [3.8, 4) is 5.75 Å². The number of nitrogens with zero attached hydrogens (tertiary/aromatic N) is 1. The molecule has 2 aliphatic heterocycles. The zero-order valence-electron chi connectivity index (χ0n) is 13.2. The van der Waals surface area contributed by atoms with Crippen LogP contribution in [0.2, 0.25) is 0 Å². The maximum Gasteiger partial charge on any atom is 0.119 e. The van der Waals surface area contributed by atoms with Crippen molar-refractivity contribution in [2.45, 2.75) is 50.6 Å². The Hall–Kier alpha value is -1.06. The van der Waals surface area contributed by atoms with Crippen LogP contribution in [0.1, 0.15) is 37.7 Å². The second kappa shape index (κ2) is 7.28. The van der Waals surface area contributed by atoms with Gasteiger partial charge in [0.2, 0.25) is 0 Å². The highest BCUT2D eigenvalue weighted by Gasteiger charge is 2.31. The highest BCUT2D eigenvalue weighted by atomic mass is 16.5. The Morgan fingerprint density at radius 1 is 1.29 bits per heavy atom. The van der Waals surface area contributed by atoms with E-state index in [9.17, 15) is 0 Å². The van der Waals surface area contributed by atoms with Crippen LogP contribution in [0.5, 0.6) is 5.75 Å². The van der Waals surface area contributed by atoms with E-state index in [2.05, 4.69) is 28.4 Å². The molecule has 3 nitrogen and oxygen atoms in total. The van der Waals surface area contributed by atoms with Crippen LogP contribution in [0.4, 0.5) is 0 Å². The lowest BCUT2D eigenvalue weighted by Crippen LogP contribution is -2.45. The second-order valence-electron chi connectivity index (χ2n) is 6.46. The van der Waals surface area contributed by atoms with Gasteiger partial charge in [-0.15, -0.1) is 0 Å². The number of hydrogen-bond acceptors (Lipinski definition) is 3. The van der Waals surface area contributed by atoms with Crippen LogP contribution in [0, 0.1) is 0 Å². The molecule has 0 saturated carbocycles. The third-order valence-electron chi connectivity index (χ3n) is 5.03. The Labute approximate surface area is 128 Å². The molecular weight excluding hydrogens is 260 g/mol. The van der Waals surface area contributed by atoms with Gasteiger partial charge in [-0.3, -0.25) is 0 Å². The number of methoxy groups -OCH3 is 1. The van der Waals surface area contributed by atoms with E-state index in [0.29, 0.717) is 0 Å². The maximum absolute atomic E-state index is 5.28. The lowest BCUT2D eigenvalue weighted by molar-refractivity contribution is 0.167. The van der Waals surface area contributed by atoms with Crippen molar-refractivity contribution in [1.29, 1.82) is 0 Å². The summed E-state index contributed by atoms with van der Waals surface area (Å²) in [4.78, 5) is 2.69. The van der Waals surface area contributed by atoms with E-state index in [1.54, 1.807) is 7.11 Å². The first-order chi connectivity index (χ1) is 10.3. The van der Waals surface area contributed by atoms with Crippen LogP contribution in [-0.2, 0) is 6.42 Å². The standard InChI is InChI=1S/C18H28N2O/c1-21-18-8-2-5-15(13-18)6-3-10-19-16-9-12-20-11-4-7-17(20)14-16/h2,5,8,13,16-17,19H,3-4,6-7,9-12,14H2,1H3/t16-,17+/m0/s1. The Kier molecular flexibility index (Phi) is 5.15. The van der Waals surface area contributed by atoms with Gasteiger partial charge in [-0.05, 0) is 75.9 Å². The zero-order chi connectivity index (χ0) is 14.5. The molecule has 0 amide bonds. The van der Waals surface area contributed by atoms with Gasteiger partial charge in [0, 0.05) is 12.1 Å². The number of ether oxygens (including phenoxy) is 1. The molecule has 2 atom stereocenters. The quantitative estimate of drug-likeness (QED) is 0.815. The molecule has 1 aromatic carbocycles. The van der Waals surface area contributed by atoms with Crippen LogP contribution < -0.4 is 10.1 Å². The van der Waals surface area contributed by atoms with E-state index < -0.39 is 0 Å². The summed E-state index contributed by atoms with van der Waals surface area (Å²) in [5.41, 5.74) is 1.38. The van der Waals surface area contributed by atoms with Crippen molar-refractivity contribution in [3.63, 3.8) is 0 Å². The van der Waals surface area contributed by atoms with Gasteiger partial charge in [0.25, 0.3) is 0 Å². The first kappa shape index (κ1) is 14.9. The average Bonchev–Trinajstić information content (AvgIpc) is 2.99. The topological polar surface area (TPSA) is 24.5 Å². The molecule has 3 heteroatoms. The monoisotopic (exact) mass is 288 g/mol. The molecule has 0 aromatic heterocycles. The largest absolute Gasteiger partial charge is 0.497 e. The molecule has 21 heavy (non-hydrogen) atoms. The van der Waals surface area contributed by atoms with Crippen molar-refractivity contribution in [1.82, 2.24) is 10.2 Å². The van der Waals surface area contributed by atoms with Gasteiger partial charge in [0.15, 0.2) is 0 Å². The molecular formula is C18H28N2O. The first-order valence-electron chi connectivity index (χ1n) is 8.45. The minimum absolute atomic E-state index is 0.745. The molecule has 0 spiro atoms. The predicted molar refractivity (Wildman–Crippen MR) is 86.9 cm³/mol. The fourth-order valence-corrected chi connectivity index (χ4v) is 3.84. The molecule has 3 rings (SSSR count). The van der Waals surface area contributed by atoms with Crippen LogP contribution in [-0.4, -0.2) is 43.7 Å². The number of fused-ring (bicyclic) bond motifs is 1. The number of piperidine rings is 1. The minimum Gasteiger partial charge on any atom is -0.497 e. The number of aryl methyl sites for hydroxylation is 1. The van der Waals surface area contributed by atoms with Crippen molar-refractivity contribution in [2.75, 3.05) is 26.7 Å². The first-order valence-corrected chi connectivity index (χ1v) is 8.45. The summed E-state index contributed by atoms with van der Waals surface area (Å²) < 4.78 is 5.28. The minimum atomic E-state index is 0.745.